The van der Waals surface area contributed by atoms with Gasteiger partial charge in [-0.2, -0.15) is 0 Å². The zero-order valence-electron chi connectivity index (χ0n) is 17.6. The highest BCUT2D eigenvalue weighted by Crippen LogP contribution is 2.32. The SMILES string of the molecule is C=CC(=N)c1nc(C(=C/C=C\C)/C(=C/CCC)OCC)cc(Cl)c1NC(C)C. The van der Waals surface area contributed by atoms with E-state index in [0.29, 0.717) is 28.7 Å². The maximum absolute atomic E-state index is 8.28. The van der Waals surface area contributed by atoms with Gasteiger partial charge in [-0.15, -0.1) is 0 Å². The molecule has 0 amide bonds. The van der Waals surface area contributed by atoms with Crippen LogP contribution in [0.1, 0.15) is 58.8 Å². The maximum atomic E-state index is 8.28. The van der Waals surface area contributed by atoms with Gasteiger partial charge in [0.1, 0.15) is 11.5 Å². The number of nitrogens with one attached hydrogen (secondary N) is 2. The number of ether oxygens (including phenoxy) is 1. The van der Waals surface area contributed by atoms with Gasteiger partial charge in [0.25, 0.3) is 0 Å². The number of hydrogen-bond donors (Lipinski definition) is 2. The molecular formula is C23H32ClN3O. The van der Waals surface area contributed by atoms with Gasteiger partial charge in [0.2, 0.25) is 0 Å². The molecule has 4 nitrogen and oxygen atoms in total. The fourth-order valence-corrected chi connectivity index (χ4v) is 2.78. The standard InChI is InChI=1S/C23H32ClN3O/c1-7-11-13-17(21(28-10-4)14-12-8-2)20-15-18(24)22(26-16(5)6)23(27-20)19(25)9-3/h7,9,11,13-16,25-26H,3,8,10,12H2,1-2,4-6H3/b11-7-,17-13-,21-14-,25-19?. The molecule has 5 heteroatoms. The van der Waals surface area contributed by atoms with Crippen LogP contribution in [0.4, 0.5) is 5.69 Å². The lowest BCUT2D eigenvalue weighted by atomic mass is 10.0. The summed E-state index contributed by atoms with van der Waals surface area (Å²) in [5.41, 5.74) is 2.84. The fourth-order valence-electron chi connectivity index (χ4n) is 2.53. The number of allylic oxidation sites excluding steroid dienone is 6. The third-order valence-electron chi connectivity index (χ3n) is 3.78. The third-order valence-corrected chi connectivity index (χ3v) is 4.08. The van der Waals surface area contributed by atoms with Crippen LogP contribution in [0.15, 0.2) is 48.8 Å². The van der Waals surface area contributed by atoms with Crippen LogP contribution in [0.3, 0.4) is 0 Å². The normalized spacial score (nSPS) is 12.5. The topological polar surface area (TPSA) is 58.0 Å². The van der Waals surface area contributed by atoms with Crippen LogP contribution in [-0.2, 0) is 4.74 Å². The van der Waals surface area contributed by atoms with Gasteiger partial charge in [0, 0.05) is 11.6 Å². The van der Waals surface area contributed by atoms with E-state index in [1.807, 2.05) is 52.0 Å². The van der Waals surface area contributed by atoms with Gasteiger partial charge in [-0.25, -0.2) is 4.98 Å². The van der Waals surface area contributed by atoms with Crippen molar-refractivity contribution in [3.8, 4) is 0 Å². The smallest absolute Gasteiger partial charge is 0.124 e. The molecule has 0 aliphatic carbocycles. The molecule has 0 fully saturated rings. The molecule has 0 bridgehead atoms. The van der Waals surface area contributed by atoms with E-state index >= 15 is 0 Å². The Morgan fingerprint density at radius 3 is 2.64 bits per heavy atom. The summed E-state index contributed by atoms with van der Waals surface area (Å²) in [7, 11) is 0. The number of halogens is 1. The molecule has 0 spiro atoms. The van der Waals surface area contributed by atoms with Crippen molar-refractivity contribution in [2.24, 2.45) is 0 Å². The van der Waals surface area contributed by atoms with Gasteiger partial charge in [-0.1, -0.05) is 43.7 Å². The molecule has 0 radical (unpaired) electrons. The first-order chi connectivity index (χ1) is 13.4. The molecule has 0 aliphatic heterocycles. The highest BCUT2D eigenvalue weighted by Gasteiger charge is 2.19. The van der Waals surface area contributed by atoms with E-state index in [-0.39, 0.29) is 11.8 Å². The molecule has 152 valence electrons. The van der Waals surface area contributed by atoms with Crippen molar-refractivity contribution < 1.29 is 4.74 Å². The largest absolute Gasteiger partial charge is 0.494 e. The van der Waals surface area contributed by atoms with Crippen molar-refractivity contribution in [1.29, 1.82) is 5.41 Å². The molecule has 1 aromatic rings. The summed E-state index contributed by atoms with van der Waals surface area (Å²) in [5.74, 6) is 0.770. The number of nitrogens with zero attached hydrogens (tertiary/aromatic N) is 1. The fraction of sp³-hybridized carbons (Fsp3) is 0.391. The summed E-state index contributed by atoms with van der Waals surface area (Å²) < 4.78 is 5.91. The molecule has 0 saturated heterocycles. The van der Waals surface area contributed by atoms with Crippen molar-refractivity contribution in [3.63, 3.8) is 0 Å². The first-order valence-corrected chi connectivity index (χ1v) is 10.1. The minimum Gasteiger partial charge on any atom is -0.494 e. The Hall–Kier alpha value is -2.33. The molecule has 0 saturated carbocycles. The summed E-state index contributed by atoms with van der Waals surface area (Å²) in [6.45, 7) is 14.4. The van der Waals surface area contributed by atoms with Gasteiger partial charge in [-0.05, 0) is 58.4 Å². The molecule has 2 N–H and O–H groups in total. The average Bonchev–Trinajstić information content (AvgIpc) is 2.66. The quantitative estimate of drug-likeness (QED) is 0.244. The average molecular weight is 402 g/mol. The lowest BCUT2D eigenvalue weighted by Crippen LogP contribution is -2.16. The van der Waals surface area contributed by atoms with Crippen LogP contribution in [-0.4, -0.2) is 23.3 Å². The molecule has 0 atom stereocenters. The van der Waals surface area contributed by atoms with Crippen molar-refractivity contribution in [1.82, 2.24) is 4.98 Å². The Morgan fingerprint density at radius 1 is 1.39 bits per heavy atom. The Kier molecular flexibility index (Phi) is 10.3. The van der Waals surface area contributed by atoms with Crippen molar-refractivity contribution in [3.05, 3.63) is 65.2 Å². The summed E-state index contributed by atoms with van der Waals surface area (Å²) >= 11 is 6.60. The number of unbranched alkanes of at least 4 members (excludes halogenated alkanes) is 1. The zero-order valence-corrected chi connectivity index (χ0v) is 18.4. The summed E-state index contributed by atoms with van der Waals surface area (Å²) in [6.07, 6.45) is 11.3. The first kappa shape index (κ1) is 23.7. The molecule has 1 rings (SSSR count). The Labute approximate surface area is 174 Å². The van der Waals surface area contributed by atoms with E-state index in [0.717, 1.165) is 24.2 Å². The summed E-state index contributed by atoms with van der Waals surface area (Å²) in [4.78, 5) is 4.76. The van der Waals surface area contributed by atoms with Gasteiger partial charge in [0.05, 0.1) is 28.7 Å². The Morgan fingerprint density at radius 2 is 2.11 bits per heavy atom. The molecule has 0 unspecified atom stereocenters. The lowest BCUT2D eigenvalue weighted by molar-refractivity contribution is 0.244. The van der Waals surface area contributed by atoms with E-state index in [9.17, 15) is 0 Å². The van der Waals surface area contributed by atoms with Gasteiger partial charge < -0.3 is 10.1 Å². The second kappa shape index (κ2) is 12.2. The number of anilines is 1. The Balaban J connectivity index is 3.67. The van der Waals surface area contributed by atoms with Crippen LogP contribution in [0.5, 0.6) is 0 Å². The van der Waals surface area contributed by atoms with E-state index in [1.54, 1.807) is 0 Å². The van der Waals surface area contributed by atoms with Gasteiger partial charge in [0.15, 0.2) is 0 Å². The number of aromatic nitrogens is 1. The van der Waals surface area contributed by atoms with Crippen LogP contribution < -0.4 is 5.32 Å². The third kappa shape index (κ3) is 6.68. The minimum absolute atomic E-state index is 0.156. The first-order valence-electron chi connectivity index (χ1n) is 9.74. The molecule has 0 aromatic carbocycles. The molecule has 0 aliphatic rings. The zero-order chi connectivity index (χ0) is 21.1. The predicted molar refractivity (Wildman–Crippen MR) is 122 cm³/mol. The highest BCUT2D eigenvalue weighted by atomic mass is 35.5. The van der Waals surface area contributed by atoms with Crippen molar-refractivity contribution in [2.75, 3.05) is 11.9 Å². The van der Waals surface area contributed by atoms with E-state index < -0.39 is 0 Å². The second-order valence-corrected chi connectivity index (χ2v) is 6.93. The number of pyridine rings is 1. The van der Waals surface area contributed by atoms with E-state index in [2.05, 4.69) is 24.9 Å². The van der Waals surface area contributed by atoms with Crippen LogP contribution in [0.25, 0.3) is 5.57 Å². The molecule has 28 heavy (non-hydrogen) atoms. The minimum atomic E-state index is 0.156. The monoisotopic (exact) mass is 401 g/mol. The predicted octanol–water partition coefficient (Wildman–Crippen LogP) is 6.79. The molecule has 1 heterocycles. The lowest BCUT2D eigenvalue weighted by Gasteiger charge is -2.19. The van der Waals surface area contributed by atoms with Crippen LogP contribution in [0.2, 0.25) is 5.02 Å². The van der Waals surface area contributed by atoms with Gasteiger partial charge in [-0.3, -0.25) is 5.41 Å². The summed E-state index contributed by atoms with van der Waals surface area (Å²) in [6, 6.07) is 1.98. The van der Waals surface area contributed by atoms with Crippen molar-refractivity contribution >= 4 is 28.6 Å². The maximum Gasteiger partial charge on any atom is 0.124 e. The molecule has 1 aromatic heterocycles. The van der Waals surface area contributed by atoms with Crippen molar-refractivity contribution in [2.45, 2.75) is 53.5 Å². The van der Waals surface area contributed by atoms with Gasteiger partial charge >= 0.3 is 0 Å². The van der Waals surface area contributed by atoms with E-state index in [1.165, 1.54) is 6.08 Å². The van der Waals surface area contributed by atoms with Crippen LogP contribution in [0, 0.1) is 5.41 Å². The highest BCUT2D eigenvalue weighted by molar-refractivity contribution is 6.34. The number of rotatable bonds is 11. The summed E-state index contributed by atoms with van der Waals surface area (Å²) in [5, 5.41) is 12.1. The second-order valence-electron chi connectivity index (χ2n) is 6.53. The van der Waals surface area contributed by atoms with Crippen LogP contribution >= 0.6 is 11.6 Å². The molecular weight excluding hydrogens is 370 g/mol. The van der Waals surface area contributed by atoms with E-state index in [4.69, 9.17) is 26.7 Å². The number of hydrogen-bond acceptors (Lipinski definition) is 4. The Bertz CT molecular complexity index is 776.